The van der Waals surface area contributed by atoms with E-state index in [2.05, 4.69) is 10.0 Å². The Labute approximate surface area is 145 Å². The fourth-order valence-electron chi connectivity index (χ4n) is 3.50. The standard InChI is InChI=1S/C17H21N3O5/c1-17(2)24-15-13(21-8-10-6-4-3-5-7-10)14(23-16(15)25-17)12-11(9-22-12)19-20-18/h3-7,11-16H,8-9H2,1-2H3/t11-,12-,13-,14+,15+,16+/m0/s1. The van der Waals surface area contributed by atoms with E-state index in [1.165, 1.54) is 0 Å². The van der Waals surface area contributed by atoms with E-state index in [0.717, 1.165) is 5.56 Å². The molecule has 0 unspecified atom stereocenters. The van der Waals surface area contributed by atoms with Crippen LogP contribution in [0.4, 0.5) is 0 Å². The molecule has 1 aromatic rings. The monoisotopic (exact) mass is 347 g/mol. The Morgan fingerprint density at radius 3 is 2.68 bits per heavy atom. The van der Waals surface area contributed by atoms with Crippen molar-refractivity contribution in [3.8, 4) is 0 Å². The lowest BCUT2D eigenvalue weighted by Gasteiger charge is -2.40. The van der Waals surface area contributed by atoms with E-state index in [-0.39, 0.29) is 24.4 Å². The fourth-order valence-corrected chi connectivity index (χ4v) is 3.50. The van der Waals surface area contributed by atoms with Gasteiger partial charge < -0.3 is 23.7 Å². The molecule has 3 aliphatic heterocycles. The lowest BCUT2D eigenvalue weighted by molar-refractivity contribution is -0.249. The smallest absolute Gasteiger partial charge is 0.190 e. The summed E-state index contributed by atoms with van der Waals surface area (Å²) in [5, 5.41) is 3.77. The van der Waals surface area contributed by atoms with Crippen molar-refractivity contribution in [1.29, 1.82) is 0 Å². The van der Waals surface area contributed by atoms with Gasteiger partial charge in [0.05, 0.1) is 25.4 Å². The largest absolute Gasteiger partial charge is 0.374 e. The highest BCUT2D eigenvalue weighted by Gasteiger charge is 2.59. The van der Waals surface area contributed by atoms with Crippen LogP contribution in [0, 0.1) is 0 Å². The SMILES string of the molecule is CC1(C)O[C@H]2O[C@H]([C@H]3OC[C@@H]3N=[N+]=[N-])[C@H](OCc3ccccc3)[C@H]2O1. The number of fused-ring (bicyclic) bond motifs is 1. The molecule has 0 amide bonds. The summed E-state index contributed by atoms with van der Waals surface area (Å²) in [4.78, 5) is 2.88. The van der Waals surface area contributed by atoms with Crippen LogP contribution in [0.25, 0.3) is 10.4 Å². The summed E-state index contributed by atoms with van der Waals surface area (Å²) < 4.78 is 29.6. The van der Waals surface area contributed by atoms with Crippen molar-refractivity contribution < 1.29 is 23.7 Å². The van der Waals surface area contributed by atoms with Crippen molar-refractivity contribution in [3.05, 3.63) is 46.3 Å². The van der Waals surface area contributed by atoms with Gasteiger partial charge in [-0.3, -0.25) is 0 Å². The number of benzene rings is 1. The van der Waals surface area contributed by atoms with Crippen molar-refractivity contribution in [1.82, 2.24) is 0 Å². The van der Waals surface area contributed by atoms with E-state index in [4.69, 9.17) is 29.2 Å². The summed E-state index contributed by atoms with van der Waals surface area (Å²) in [6.45, 7) is 4.51. The lowest BCUT2D eigenvalue weighted by Crippen LogP contribution is -2.55. The molecule has 0 bridgehead atoms. The predicted octanol–water partition coefficient (Wildman–Crippen LogP) is 2.53. The second kappa shape index (κ2) is 6.57. The molecule has 6 atom stereocenters. The van der Waals surface area contributed by atoms with Gasteiger partial charge in [-0.2, -0.15) is 0 Å². The van der Waals surface area contributed by atoms with E-state index in [9.17, 15) is 0 Å². The van der Waals surface area contributed by atoms with Gasteiger partial charge in [0, 0.05) is 4.91 Å². The lowest BCUT2D eigenvalue weighted by atomic mass is 9.96. The zero-order valence-corrected chi connectivity index (χ0v) is 14.1. The molecule has 25 heavy (non-hydrogen) atoms. The van der Waals surface area contributed by atoms with Crippen molar-refractivity contribution in [2.45, 2.75) is 63.0 Å². The molecule has 8 nitrogen and oxygen atoms in total. The van der Waals surface area contributed by atoms with Crippen LogP contribution in [0.1, 0.15) is 19.4 Å². The maximum absolute atomic E-state index is 8.69. The maximum atomic E-state index is 8.69. The molecule has 4 rings (SSSR count). The van der Waals surface area contributed by atoms with Crippen LogP contribution in [-0.2, 0) is 30.3 Å². The molecular weight excluding hydrogens is 326 g/mol. The summed E-state index contributed by atoms with van der Waals surface area (Å²) >= 11 is 0. The van der Waals surface area contributed by atoms with Crippen molar-refractivity contribution >= 4 is 0 Å². The molecule has 3 saturated heterocycles. The number of hydrogen-bond acceptors (Lipinski definition) is 6. The van der Waals surface area contributed by atoms with E-state index in [1.54, 1.807) is 0 Å². The third kappa shape index (κ3) is 3.25. The number of ether oxygens (including phenoxy) is 5. The van der Waals surface area contributed by atoms with Gasteiger partial charge in [0.25, 0.3) is 0 Å². The minimum Gasteiger partial charge on any atom is -0.374 e. The molecule has 3 aliphatic rings. The van der Waals surface area contributed by atoms with Crippen LogP contribution in [0.2, 0.25) is 0 Å². The van der Waals surface area contributed by atoms with Crippen LogP contribution < -0.4 is 0 Å². The zero-order valence-electron chi connectivity index (χ0n) is 14.1. The molecule has 8 heteroatoms. The Bertz CT molecular complexity index is 664. The molecule has 1 aromatic carbocycles. The molecule has 0 aliphatic carbocycles. The Balaban J connectivity index is 1.51. The number of azide groups is 1. The van der Waals surface area contributed by atoms with Crippen LogP contribution in [-0.4, -0.2) is 49.1 Å². The van der Waals surface area contributed by atoms with Gasteiger partial charge in [-0.25, -0.2) is 0 Å². The Morgan fingerprint density at radius 1 is 1.20 bits per heavy atom. The fraction of sp³-hybridized carbons (Fsp3) is 0.647. The third-order valence-corrected chi connectivity index (χ3v) is 4.67. The molecule has 3 heterocycles. The molecule has 0 saturated carbocycles. The Kier molecular flexibility index (Phi) is 4.41. The molecule has 0 N–H and O–H groups in total. The summed E-state index contributed by atoms with van der Waals surface area (Å²) in [5.41, 5.74) is 9.75. The summed E-state index contributed by atoms with van der Waals surface area (Å²) in [5.74, 6) is -0.723. The van der Waals surface area contributed by atoms with Crippen LogP contribution >= 0.6 is 0 Å². The topological polar surface area (TPSA) is 94.9 Å². The second-order valence-electron chi connectivity index (χ2n) is 6.90. The first-order valence-electron chi connectivity index (χ1n) is 8.40. The highest BCUT2D eigenvalue weighted by molar-refractivity contribution is 5.14. The minimum atomic E-state index is -0.723. The van der Waals surface area contributed by atoms with Gasteiger partial charge >= 0.3 is 0 Å². The molecule has 0 spiro atoms. The number of rotatable bonds is 5. The van der Waals surface area contributed by atoms with Crippen molar-refractivity contribution in [2.24, 2.45) is 5.11 Å². The molecule has 0 aromatic heterocycles. The van der Waals surface area contributed by atoms with Gasteiger partial charge in [0.1, 0.15) is 18.3 Å². The number of nitrogens with zero attached hydrogens (tertiary/aromatic N) is 3. The second-order valence-corrected chi connectivity index (χ2v) is 6.90. The first kappa shape index (κ1) is 16.8. The Morgan fingerprint density at radius 2 is 2.00 bits per heavy atom. The van der Waals surface area contributed by atoms with Crippen molar-refractivity contribution in [3.63, 3.8) is 0 Å². The van der Waals surface area contributed by atoms with E-state index in [0.29, 0.717) is 13.2 Å². The van der Waals surface area contributed by atoms with Crippen molar-refractivity contribution in [2.75, 3.05) is 6.61 Å². The molecule has 134 valence electrons. The Hall–Kier alpha value is -1.67. The summed E-state index contributed by atoms with van der Waals surface area (Å²) in [7, 11) is 0. The highest BCUT2D eigenvalue weighted by Crippen LogP contribution is 2.42. The van der Waals surface area contributed by atoms with Gasteiger partial charge in [-0.1, -0.05) is 35.4 Å². The third-order valence-electron chi connectivity index (χ3n) is 4.67. The molecular formula is C17H21N3O5. The van der Waals surface area contributed by atoms with E-state index >= 15 is 0 Å². The molecule has 3 fully saturated rings. The average molecular weight is 347 g/mol. The normalized spacial score (nSPS) is 38.6. The van der Waals surface area contributed by atoms with E-state index < -0.39 is 18.2 Å². The van der Waals surface area contributed by atoms with Crippen LogP contribution in [0.3, 0.4) is 0 Å². The predicted molar refractivity (Wildman–Crippen MR) is 86.4 cm³/mol. The van der Waals surface area contributed by atoms with Crippen LogP contribution in [0.5, 0.6) is 0 Å². The maximum Gasteiger partial charge on any atom is 0.190 e. The number of hydrogen-bond donors (Lipinski definition) is 0. The van der Waals surface area contributed by atoms with Gasteiger partial charge in [0.15, 0.2) is 12.1 Å². The minimum absolute atomic E-state index is 0.260. The van der Waals surface area contributed by atoms with Crippen LogP contribution in [0.15, 0.2) is 35.4 Å². The average Bonchev–Trinajstić information content (AvgIpc) is 3.02. The highest BCUT2D eigenvalue weighted by atomic mass is 16.8. The van der Waals surface area contributed by atoms with Gasteiger partial charge in [0.2, 0.25) is 0 Å². The van der Waals surface area contributed by atoms with E-state index in [1.807, 2.05) is 44.2 Å². The zero-order chi connectivity index (χ0) is 17.4. The van der Waals surface area contributed by atoms with Gasteiger partial charge in [-0.15, -0.1) is 0 Å². The quantitative estimate of drug-likeness (QED) is 0.463. The first-order chi connectivity index (χ1) is 12.1. The first-order valence-corrected chi connectivity index (χ1v) is 8.40. The summed E-state index contributed by atoms with van der Waals surface area (Å²) in [6, 6.07) is 9.64. The molecule has 0 radical (unpaired) electrons. The summed E-state index contributed by atoms with van der Waals surface area (Å²) in [6.07, 6.45) is -1.98. The van der Waals surface area contributed by atoms with Gasteiger partial charge in [-0.05, 0) is 24.9 Å².